The molecule has 136 valence electrons. The van der Waals surface area contributed by atoms with Crippen molar-refractivity contribution in [1.29, 1.82) is 0 Å². The van der Waals surface area contributed by atoms with E-state index in [1.165, 1.54) is 0 Å². The quantitative estimate of drug-likeness (QED) is 0.664. The van der Waals surface area contributed by atoms with Crippen LogP contribution >= 0.6 is 11.6 Å². The van der Waals surface area contributed by atoms with E-state index in [1.54, 1.807) is 49.4 Å². The highest BCUT2D eigenvalue weighted by Crippen LogP contribution is 2.32. The molecule has 0 fully saturated rings. The molecule has 2 aromatic carbocycles. The van der Waals surface area contributed by atoms with Gasteiger partial charge in [0.15, 0.2) is 11.5 Å². The standard InChI is InChI=1S/C19H14ClN3O4/c1-10-14(7-12-6-13(20)3-4-15(12)21-10)19(25)23-22-18(24)11-2-5-16-17(8-11)27-9-26-16/h2-8H,9H2,1H3,(H,22,24)(H,23,25). The Hall–Kier alpha value is -3.32. The third-order valence-electron chi connectivity index (χ3n) is 4.14. The van der Waals surface area contributed by atoms with Crippen molar-refractivity contribution in [3.63, 3.8) is 0 Å². The second-order valence-electron chi connectivity index (χ2n) is 5.93. The van der Waals surface area contributed by atoms with Crippen molar-refractivity contribution in [1.82, 2.24) is 15.8 Å². The van der Waals surface area contributed by atoms with Gasteiger partial charge in [-0.3, -0.25) is 25.4 Å². The number of amides is 2. The molecular formula is C19H14ClN3O4. The van der Waals surface area contributed by atoms with Crippen LogP contribution in [0.25, 0.3) is 10.9 Å². The van der Waals surface area contributed by atoms with Gasteiger partial charge in [-0.1, -0.05) is 11.6 Å². The third kappa shape index (κ3) is 3.37. The number of pyridine rings is 1. The number of carbonyl (C=O) groups excluding carboxylic acids is 2. The summed E-state index contributed by atoms with van der Waals surface area (Å²) in [5, 5.41) is 1.29. The number of ether oxygens (including phenoxy) is 2. The van der Waals surface area contributed by atoms with Gasteiger partial charge in [0.25, 0.3) is 11.8 Å². The highest BCUT2D eigenvalue weighted by Gasteiger charge is 2.17. The van der Waals surface area contributed by atoms with Gasteiger partial charge in [-0.25, -0.2) is 0 Å². The summed E-state index contributed by atoms with van der Waals surface area (Å²) in [6.07, 6.45) is 0. The minimum atomic E-state index is -0.476. The van der Waals surface area contributed by atoms with Gasteiger partial charge < -0.3 is 9.47 Å². The maximum absolute atomic E-state index is 12.5. The number of hydrogen-bond acceptors (Lipinski definition) is 5. The Kier molecular flexibility index (Phi) is 4.29. The number of nitrogens with zero attached hydrogens (tertiary/aromatic N) is 1. The maximum Gasteiger partial charge on any atom is 0.271 e. The number of aromatic nitrogens is 1. The van der Waals surface area contributed by atoms with Crippen molar-refractivity contribution >= 4 is 34.3 Å². The van der Waals surface area contributed by atoms with E-state index in [-0.39, 0.29) is 6.79 Å². The normalized spacial score (nSPS) is 12.1. The number of rotatable bonds is 2. The van der Waals surface area contributed by atoms with E-state index in [2.05, 4.69) is 15.8 Å². The van der Waals surface area contributed by atoms with Gasteiger partial charge in [0.2, 0.25) is 6.79 Å². The van der Waals surface area contributed by atoms with Gasteiger partial charge in [0.05, 0.1) is 16.8 Å². The Morgan fingerprint density at radius 2 is 1.78 bits per heavy atom. The number of hydrogen-bond donors (Lipinski definition) is 2. The SMILES string of the molecule is Cc1nc2ccc(Cl)cc2cc1C(=O)NNC(=O)c1ccc2c(c1)OCO2. The molecule has 7 nitrogen and oxygen atoms in total. The first-order valence-electron chi connectivity index (χ1n) is 8.08. The van der Waals surface area contributed by atoms with Crippen LogP contribution in [-0.2, 0) is 0 Å². The number of nitrogens with one attached hydrogen (secondary N) is 2. The molecule has 27 heavy (non-hydrogen) atoms. The molecule has 4 rings (SSSR count). The summed E-state index contributed by atoms with van der Waals surface area (Å²) in [5.74, 6) is 0.111. The Balaban J connectivity index is 1.50. The van der Waals surface area contributed by atoms with Gasteiger partial charge in [0, 0.05) is 16.0 Å². The Labute approximate surface area is 159 Å². The highest BCUT2D eigenvalue weighted by molar-refractivity contribution is 6.31. The lowest BCUT2D eigenvalue weighted by Gasteiger charge is -2.10. The van der Waals surface area contributed by atoms with Crippen molar-refractivity contribution in [2.45, 2.75) is 6.92 Å². The van der Waals surface area contributed by atoms with E-state index in [0.717, 1.165) is 10.9 Å². The Bertz CT molecular complexity index is 1080. The second-order valence-corrected chi connectivity index (χ2v) is 6.37. The molecule has 0 saturated heterocycles. The zero-order valence-corrected chi connectivity index (χ0v) is 15.0. The fourth-order valence-corrected chi connectivity index (χ4v) is 2.94. The van der Waals surface area contributed by atoms with E-state index < -0.39 is 11.8 Å². The maximum atomic E-state index is 12.5. The van der Waals surface area contributed by atoms with Crippen LogP contribution in [-0.4, -0.2) is 23.6 Å². The van der Waals surface area contributed by atoms with Crippen LogP contribution in [0.4, 0.5) is 0 Å². The molecule has 0 atom stereocenters. The minimum absolute atomic E-state index is 0.120. The third-order valence-corrected chi connectivity index (χ3v) is 4.37. The molecule has 2 N–H and O–H groups in total. The predicted molar refractivity (Wildman–Crippen MR) is 99.0 cm³/mol. The van der Waals surface area contributed by atoms with E-state index in [0.29, 0.717) is 33.3 Å². The van der Waals surface area contributed by atoms with Crippen LogP contribution < -0.4 is 20.3 Å². The van der Waals surface area contributed by atoms with E-state index in [9.17, 15) is 9.59 Å². The van der Waals surface area contributed by atoms with Gasteiger partial charge in [-0.15, -0.1) is 0 Å². The lowest BCUT2D eigenvalue weighted by Crippen LogP contribution is -2.41. The summed E-state index contributed by atoms with van der Waals surface area (Å²) >= 11 is 6.00. The molecule has 8 heteroatoms. The summed E-state index contributed by atoms with van der Waals surface area (Å²) < 4.78 is 10.4. The number of carbonyl (C=O) groups is 2. The Morgan fingerprint density at radius 1 is 1.00 bits per heavy atom. The van der Waals surface area contributed by atoms with Gasteiger partial charge in [-0.05, 0) is 49.4 Å². The van der Waals surface area contributed by atoms with Gasteiger partial charge in [0.1, 0.15) is 0 Å². The van der Waals surface area contributed by atoms with Crippen LogP contribution in [0.3, 0.4) is 0 Å². The minimum Gasteiger partial charge on any atom is -0.454 e. The molecule has 0 spiro atoms. The first-order chi connectivity index (χ1) is 13.0. The first kappa shape index (κ1) is 17.1. The van der Waals surface area contributed by atoms with E-state index in [1.807, 2.05) is 0 Å². The first-order valence-corrected chi connectivity index (χ1v) is 8.46. The van der Waals surface area contributed by atoms with Crippen LogP contribution in [0.2, 0.25) is 5.02 Å². The number of hydrazine groups is 1. The molecule has 3 aromatic rings. The van der Waals surface area contributed by atoms with Crippen LogP contribution in [0, 0.1) is 6.92 Å². The number of aryl methyl sites for hydroxylation is 1. The number of fused-ring (bicyclic) bond motifs is 2. The summed E-state index contributed by atoms with van der Waals surface area (Å²) in [7, 11) is 0. The predicted octanol–water partition coefficient (Wildman–Crippen LogP) is 3.00. The summed E-state index contributed by atoms with van der Waals surface area (Å²) in [6.45, 7) is 1.85. The van der Waals surface area contributed by atoms with Gasteiger partial charge in [-0.2, -0.15) is 0 Å². The smallest absolute Gasteiger partial charge is 0.271 e. The van der Waals surface area contributed by atoms with Crippen molar-refractivity contribution in [3.8, 4) is 11.5 Å². The fraction of sp³-hybridized carbons (Fsp3) is 0.105. The topological polar surface area (TPSA) is 89.6 Å². The fourth-order valence-electron chi connectivity index (χ4n) is 2.76. The molecule has 2 amide bonds. The molecule has 0 aliphatic carbocycles. The summed E-state index contributed by atoms with van der Waals surface area (Å²) in [5.41, 5.74) is 6.74. The average Bonchev–Trinajstić information content (AvgIpc) is 3.13. The number of halogens is 1. The Morgan fingerprint density at radius 3 is 2.63 bits per heavy atom. The highest BCUT2D eigenvalue weighted by atomic mass is 35.5. The van der Waals surface area contributed by atoms with Crippen molar-refractivity contribution in [2.24, 2.45) is 0 Å². The molecule has 1 aliphatic rings. The zero-order valence-electron chi connectivity index (χ0n) is 14.2. The van der Waals surface area contributed by atoms with Crippen molar-refractivity contribution in [3.05, 3.63) is 64.3 Å². The summed E-state index contributed by atoms with van der Waals surface area (Å²) in [4.78, 5) is 29.1. The zero-order chi connectivity index (χ0) is 19.0. The summed E-state index contributed by atoms with van der Waals surface area (Å²) in [6, 6.07) is 11.7. The molecular weight excluding hydrogens is 370 g/mol. The van der Waals surface area contributed by atoms with E-state index >= 15 is 0 Å². The number of benzene rings is 2. The lowest BCUT2D eigenvalue weighted by atomic mass is 10.1. The second kappa shape index (κ2) is 6.77. The molecule has 1 aromatic heterocycles. The van der Waals surface area contributed by atoms with E-state index in [4.69, 9.17) is 21.1 Å². The van der Waals surface area contributed by atoms with Crippen LogP contribution in [0.5, 0.6) is 11.5 Å². The average molecular weight is 384 g/mol. The molecule has 0 radical (unpaired) electrons. The molecule has 0 unspecified atom stereocenters. The monoisotopic (exact) mass is 383 g/mol. The molecule has 1 aliphatic heterocycles. The van der Waals surface area contributed by atoms with Crippen LogP contribution in [0.1, 0.15) is 26.4 Å². The van der Waals surface area contributed by atoms with Crippen LogP contribution in [0.15, 0.2) is 42.5 Å². The molecule has 2 heterocycles. The molecule has 0 bridgehead atoms. The lowest BCUT2D eigenvalue weighted by molar-refractivity contribution is 0.0846. The van der Waals surface area contributed by atoms with Crippen molar-refractivity contribution < 1.29 is 19.1 Å². The molecule has 0 saturated carbocycles. The van der Waals surface area contributed by atoms with Gasteiger partial charge >= 0.3 is 0 Å². The van der Waals surface area contributed by atoms with Crippen molar-refractivity contribution in [2.75, 3.05) is 6.79 Å². The largest absolute Gasteiger partial charge is 0.454 e.